The Balaban J connectivity index is 2.83. The molecule has 0 aromatic carbocycles. The smallest absolute Gasteiger partial charge is 0.235 e. The van der Waals surface area contributed by atoms with E-state index >= 15 is 0 Å². The highest BCUT2D eigenvalue weighted by Crippen LogP contribution is 2.37. The second-order valence-electron chi connectivity index (χ2n) is 5.58. The number of nitrogens with zero attached hydrogens (tertiary/aromatic N) is 1. The number of hydrogen-bond donors (Lipinski definition) is 1. The van der Waals surface area contributed by atoms with E-state index in [2.05, 4.69) is 19.9 Å². The molecular formula is C14H24N2O. The normalized spacial score (nSPS) is 21.5. The van der Waals surface area contributed by atoms with Gasteiger partial charge in [-0.2, -0.15) is 5.26 Å². The second-order valence-corrected chi connectivity index (χ2v) is 5.58. The molecule has 3 nitrogen and oxygen atoms in total. The molecule has 0 bridgehead atoms. The summed E-state index contributed by atoms with van der Waals surface area (Å²) >= 11 is 0. The van der Waals surface area contributed by atoms with Crippen molar-refractivity contribution in [1.29, 1.82) is 5.26 Å². The van der Waals surface area contributed by atoms with Crippen molar-refractivity contribution in [1.82, 2.24) is 0 Å². The standard InChI is InChI=1S/C14H24N2O/c1-10(2)13(12(9-15)14(16)17)11-7-5-3-4-6-8-11/h10-13H,3-8H2,1-2H3,(H2,16,17). The second kappa shape index (κ2) is 6.64. The minimum Gasteiger partial charge on any atom is -0.369 e. The zero-order valence-electron chi connectivity index (χ0n) is 11.0. The van der Waals surface area contributed by atoms with E-state index in [1.165, 1.54) is 25.7 Å². The Hall–Kier alpha value is -1.04. The van der Waals surface area contributed by atoms with E-state index in [0.717, 1.165) is 12.8 Å². The molecule has 0 aromatic heterocycles. The molecule has 0 spiro atoms. The molecule has 17 heavy (non-hydrogen) atoms. The van der Waals surface area contributed by atoms with Crippen molar-refractivity contribution < 1.29 is 4.79 Å². The van der Waals surface area contributed by atoms with Crippen LogP contribution in [0.1, 0.15) is 52.4 Å². The van der Waals surface area contributed by atoms with Gasteiger partial charge in [0.1, 0.15) is 5.92 Å². The van der Waals surface area contributed by atoms with Crippen LogP contribution in [-0.4, -0.2) is 5.91 Å². The maximum absolute atomic E-state index is 11.4. The molecule has 1 aliphatic carbocycles. The number of amides is 1. The minimum atomic E-state index is -0.613. The molecule has 0 aliphatic heterocycles. The van der Waals surface area contributed by atoms with E-state index in [1.807, 2.05) is 0 Å². The van der Waals surface area contributed by atoms with Gasteiger partial charge >= 0.3 is 0 Å². The van der Waals surface area contributed by atoms with Gasteiger partial charge in [-0.05, 0) is 17.8 Å². The summed E-state index contributed by atoms with van der Waals surface area (Å²) in [5.41, 5.74) is 5.37. The highest BCUT2D eigenvalue weighted by molar-refractivity contribution is 5.79. The molecular weight excluding hydrogens is 212 g/mol. The highest BCUT2D eigenvalue weighted by Gasteiger charge is 2.35. The number of carbonyl (C=O) groups is 1. The number of primary amides is 1. The summed E-state index contributed by atoms with van der Waals surface area (Å²) in [6, 6.07) is 2.13. The van der Waals surface area contributed by atoms with Gasteiger partial charge in [-0.3, -0.25) is 4.79 Å². The molecule has 1 aliphatic rings. The Morgan fingerprint density at radius 3 is 2.12 bits per heavy atom. The van der Waals surface area contributed by atoms with Gasteiger partial charge < -0.3 is 5.73 Å². The summed E-state index contributed by atoms with van der Waals surface area (Å²) in [5.74, 6) is -0.0888. The molecule has 1 rings (SSSR count). The predicted octanol–water partition coefficient (Wildman–Crippen LogP) is 2.85. The molecule has 3 heteroatoms. The van der Waals surface area contributed by atoms with Gasteiger partial charge in [0.05, 0.1) is 6.07 Å². The Morgan fingerprint density at radius 1 is 1.24 bits per heavy atom. The monoisotopic (exact) mass is 236 g/mol. The van der Waals surface area contributed by atoms with Gasteiger partial charge in [0.2, 0.25) is 5.91 Å². The van der Waals surface area contributed by atoms with E-state index in [0.29, 0.717) is 11.8 Å². The molecule has 1 saturated carbocycles. The predicted molar refractivity (Wildman–Crippen MR) is 67.8 cm³/mol. The summed E-state index contributed by atoms with van der Waals surface area (Å²) in [7, 11) is 0. The number of hydrogen-bond acceptors (Lipinski definition) is 2. The first-order valence-corrected chi connectivity index (χ1v) is 6.76. The largest absolute Gasteiger partial charge is 0.369 e. The van der Waals surface area contributed by atoms with E-state index in [9.17, 15) is 4.79 Å². The number of nitrogens with two attached hydrogens (primary N) is 1. The first-order chi connectivity index (χ1) is 8.07. The molecule has 0 aromatic rings. The van der Waals surface area contributed by atoms with Crippen LogP contribution < -0.4 is 5.73 Å². The van der Waals surface area contributed by atoms with Crippen LogP contribution in [0.2, 0.25) is 0 Å². The van der Waals surface area contributed by atoms with Crippen LogP contribution >= 0.6 is 0 Å². The third-order valence-corrected chi connectivity index (χ3v) is 4.04. The third-order valence-electron chi connectivity index (χ3n) is 4.04. The van der Waals surface area contributed by atoms with Gasteiger partial charge in [-0.25, -0.2) is 0 Å². The van der Waals surface area contributed by atoms with E-state index < -0.39 is 11.8 Å². The Bertz CT molecular complexity index is 285. The average molecular weight is 236 g/mol. The van der Waals surface area contributed by atoms with Crippen LogP contribution in [0.25, 0.3) is 0 Å². The molecule has 96 valence electrons. The van der Waals surface area contributed by atoms with Gasteiger partial charge in [0.25, 0.3) is 0 Å². The van der Waals surface area contributed by atoms with Crippen molar-refractivity contribution >= 4 is 5.91 Å². The van der Waals surface area contributed by atoms with Crippen LogP contribution in [-0.2, 0) is 4.79 Å². The third kappa shape index (κ3) is 3.73. The van der Waals surface area contributed by atoms with Crippen molar-refractivity contribution in [2.75, 3.05) is 0 Å². The van der Waals surface area contributed by atoms with Crippen molar-refractivity contribution in [2.24, 2.45) is 29.4 Å². The minimum absolute atomic E-state index is 0.135. The molecule has 0 saturated heterocycles. The first kappa shape index (κ1) is 14.0. The van der Waals surface area contributed by atoms with Crippen LogP contribution in [0.5, 0.6) is 0 Å². The molecule has 2 atom stereocenters. The summed E-state index contributed by atoms with van der Waals surface area (Å²) < 4.78 is 0. The summed E-state index contributed by atoms with van der Waals surface area (Å²) in [5, 5.41) is 9.17. The molecule has 2 N–H and O–H groups in total. The fraction of sp³-hybridized carbons (Fsp3) is 0.857. The summed E-state index contributed by atoms with van der Waals surface area (Å²) in [6.45, 7) is 4.20. The van der Waals surface area contributed by atoms with Crippen LogP contribution in [0.3, 0.4) is 0 Å². The van der Waals surface area contributed by atoms with Crippen LogP contribution in [0.4, 0.5) is 0 Å². The topological polar surface area (TPSA) is 66.9 Å². The summed E-state index contributed by atoms with van der Waals surface area (Å²) in [6.07, 6.45) is 7.32. The lowest BCUT2D eigenvalue weighted by Gasteiger charge is -2.31. The maximum Gasteiger partial charge on any atom is 0.235 e. The van der Waals surface area contributed by atoms with Crippen molar-refractivity contribution in [2.45, 2.75) is 52.4 Å². The van der Waals surface area contributed by atoms with E-state index in [-0.39, 0.29) is 5.92 Å². The molecule has 0 heterocycles. The number of carbonyl (C=O) groups excluding carboxylic acids is 1. The maximum atomic E-state index is 11.4. The zero-order valence-corrected chi connectivity index (χ0v) is 11.0. The number of nitriles is 1. The Morgan fingerprint density at radius 2 is 1.76 bits per heavy atom. The quantitative estimate of drug-likeness (QED) is 0.763. The lowest BCUT2D eigenvalue weighted by molar-refractivity contribution is -0.122. The molecule has 1 amide bonds. The summed E-state index contributed by atoms with van der Waals surface area (Å²) in [4.78, 5) is 11.4. The van der Waals surface area contributed by atoms with Crippen molar-refractivity contribution in [3.05, 3.63) is 0 Å². The lowest BCUT2D eigenvalue weighted by Crippen LogP contribution is -2.36. The van der Waals surface area contributed by atoms with Crippen molar-refractivity contribution in [3.63, 3.8) is 0 Å². The van der Waals surface area contributed by atoms with E-state index in [4.69, 9.17) is 11.0 Å². The first-order valence-electron chi connectivity index (χ1n) is 6.76. The van der Waals surface area contributed by atoms with Gasteiger partial charge in [0.15, 0.2) is 0 Å². The van der Waals surface area contributed by atoms with Crippen molar-refractivity contribution in [3.8, 4) is 6.07 Å². The lowest BCUT2D eigenvalue weighted by atomic mass is 9.72. The Kier molecular flexibility index (Phi) is 5.47. The van der Waals surface area contributed by atoms with Gasteiger partial charge in [-0.15, -0.1) is 0 Å². The van der Waals surface area contributed by atoms with Gasteiger partial charge in [-0.1, -0.05) is 52.4 Å². The Labute approximate surface area is 104 Å². The van der Waals surface area contributed by atoms with E-state index in [1.54, 1.807) is 0 Å². The van der Waals surface area contributed by atoms with Crippen LogP contribution in [0, 0.1) is 35.0 Å². The average Bonchev–Trinajstić information content (AvgIpc) is 2.52. The SMILES string of the molecule is CC(C)C(C1CCCCCC1)C(C#N)C(N)=O. The van der Waals surface area contributed by atoms with Gasteiger partial charge in [0, 0.05) is 0 Å². The zero-order chi connectivity index (χ0) is 12.8. The fourth-order valence-electron chi connectivity index (χ4n) is 3.24. The fourth-order valence-corrected chi connectivity index (χ4v) is 3.24. The molecule has 2 unspecified atom stereocenters. The highest BCUT2D eigenvalue weighted by atomic mass is 16.1. The van der Waals surface area contributed by atoms with Crippen LogP contribution in [0.15, 0.2) is 0 Å². The molecule has 0 radical (unpaired) electrons. The molecule has 1 fully saturated rings. The number of rotatable bonds is 4.